The van der Waals surface area contributed by atoms with E-state index in [1.54, 1.807) is 7.11 Å². The molecular formula is C17H30N2O2. The molecule has 1 aromatic carbocycles. The Kier molecular flexibility index (Phi) is 8.03. The molecule has 120 valence electrons. The number of nitrogens with one attached hydrogen (secondary N) is 1. The van der Waals surface area contributed by atoms with Crippen molar-refractivity contribution in [2.75, 3.05) is 32.1 Å². The molecule has 0 heterocycles. The van der Waals surface area contributed by atoms with Gasteiger partial charge in [-0.05, 0) is 24.1 Å². The van der Waals surface area contributed by atoms with Gasteiger partial charge in [0.05, 0.1) is 19.3 Å². The highest BCUT2D eigenvalue weighted by molar-refractivity contribution is 5.93. The number of carbonyl (C=O) groups excluding carboxylic acids is 1. The third-order valence-corrected chi connectivity index (χ3v) is 2.89. The van der Waals surface area contributed by atoms with E-state index < -0.39 is 0 Å². The summed E-state index contributed by atoms with van der Waals surface area (Å²) < 4.78 is 5.23. The summed E-state index contributed by atoms with van der Waals surface area (Å²) in [6, 6.07) is 7.44. The fourth-order valence-electron chi connectivity index (χ4n) is 2.09. The van der Waals surface area contributed by atoms with Crippen molar-refractivity contribution in [3.05, 3.63) is 24.3 Å². The third-order valence-electron chi connectivity index (χ3n) is 2.89. The molecule has 0 radical (unpaired) electrons. The van der Waals surface area contributed by atoms with Gasteiger partial charge >= 0.3 is 0 Å². The van der Waals surface area contributed by atoms with E-state index in [-0.39, 0.29) is 18.7 Å². The summed E-state index contributed by atoms with van der Waals surface area (Å²) in [4.78, 5) is 14.3. The first kappa shape index (κ1) is 19.4. The number of anilines is 1. The topological polar surface area (TPSA) is 41.6 Å². The second kappa shape index (κ2) is 8.67. The van der Waals surface area contributed by atoms with Gasteiger partial charge in [-0.2, -0.15) is 0 Å². The summed E-state index contributed by atoms with van der Waals surface area (Å²) in [6.45, 7) is 10.7. The first-order valence-corrected chi connectivity index (χ1v) is 7.01. The van der Waals surface area contributed by atoms with Crippen LogP contribution in [0.5, 0.6) is 5.75 Å². The van der Waals surface area contributed by atoms with Gasteiger partial charge < -0.3 is 10.1 Å². The lowest BCUT2D eigenvalue weighted by Crippen LogP contribution is -2.38. The van der Waals surface area contributed by atoms with Crippen LogP contribution in [0.15, 0.2) is 24.3 Å². The highest BCUT2D eigenvalue weighted by Gasteiger charge is 2.18. The molecule has 0 aromatic heterocycles. The Morgan fingerprint density at radius 3 is 2.43 bits per heavy atom. The largest absolute Gasteiger partial charge is 0.495 e. The lowest BCUT2D eigenvalue weighted by molar-refractivity contribution is -0.117. The number of hydrogen-bond donors (Lipinski definition) is 1. The summed E-state index contributed by atoms with van der Waals surface area (Å²) in [5.41, 5.74) is 0.896. The molecule has 0 saturated carbocycles. The number of rotatable bonds is 6. The lowest BCUT2D eigenvalue weighted by atomic mass is 9.96. The van der Waals surface area contributed by atoms with Crippen LogP contribution in [-0.2, 0) is 4.79 Å². The van der Waals surface area contributed by atoms with Crippen LogP contribution in [0.2, 0.25) is 0 Å². The van der Waals surface area contributed by atoms with Crippen molar-refractivity contribution in [2.24, 2.45) is 5.41 Å². The highest BCUT2D eigenvalue weighted by atomic mass is 16.5. The molecule has 1 rings (SSSR count). The molecule has 0 saturated heterocycles. The van der Waals surface area contributed by atoms with E-state index in [2.05, 4.69) is 37.9 Å². The van der Waals surface area contributed by atoms with Gasteiger partial charge in [-0.25, -0.2) is 0 Å². The van der Waals surface area contributed by atoms with Gasteiger partial charge in [-0.1, -0.05) is 47.3 Å². The maximum absolute atomic E-state index is 12.1. The molecule has 0 spiro atoms. The van der Waals surface area contributed by atoms with Crippen LogP contribution in [0.1, 0.15) is 35.1 Å². The fraction of sp³-hybridized carbons (Fsp3) is 0.588. The summed E-state index contributed by atoms with van der Waals surface area (Å²) in [7, 11) is 1.60. The second-order valence-electron chi connectivity index (χ2n) is 6.11. The van der Waals surface area contributed by atoms with E-state index in [4.69, 9.17) is 4.74 Å². The zero-order valence-electron chi connectivity index (χ0n) is 13.2. The van der Waals surface area contributed by atoms with Crippen LogP contribution < -0.4 is 10.1 Å². The van der Waals surface area contributed by atoms with Crippen molar-refractivity contribution >= 4 is 11.6 Å². The molecule has 0 atom stereocenters. The first-order valence-electron chi connectivity index (χ1n) is 7.01. The second-order valence-corrected chi connectivity index (χ2v) is 6.11. The van der Waals surface area contributed by atoms with E-state index in [0.717, 1.165) is 13.1 Å². The number of carbonyl (C=O) groups is 1. The van der Waals surface area contributed by atoms with E-state index in [9.17, 15) is 4.79 Å². The standard InChI is InChI=1S/C16H26N2O2.CH4/c1-6-18(12-16(2,3)4)11-15(19)17-13-9-7-8-10-14(13)20-5;/h7-10H,6,11-12H2,1-5H3,(H,17,19);1H4. The molecule has 0 fully saturated rings. The molecule has 4 nitrogen and oxygen atoms in total. The number of methoxy groups -OCH3 is 1. The third kappa shape index (κ3) is 7.14. The number of hydrogen-bond acceptors (Lipinski definition) is 3. The highest BCUT2D eigenvalue weighted by Crippen LogP contribution is 2.23. The molecule has 1 N–H and O–H groups in total. The zero-order chi connectivity index (χ0) is 15.2. The molecule has 1 aromatic rings. The van der Waals surface area contributed by atoms with E-state index in [0.29, 0.717) is 18.0 Å². The van der Waals surface area contributed by atoms with Crippen molar-refractivity contribution in [3.8, 4) is 5.75 Å². The SMILES string of the molecule is C.CCN(CC(=O)Nc1ccccc1OC)CC(C)(C)C. The van der Waals surface area contributed by atoms with Gasteiger partial charge in [0, 0.05) is 6.54 Å². The molecule has 4 heteroatoms. The lowest BCUT2D eigenvalue weighted by Gasteiger charge is -2.28. The Morgan fingerprint density at radius 1 is 1.29 bits per heavy atom. The number of benzene rings is 1. The van der Waals surface area contributed by atoms with Gasteiger partial charge in [0.15, 0.2) is 0 Å². The minimum Gasteiger partial charge on any atom is -0.495 e. The monoisotopic (exact) mass is 294 g/mol. The minimum absolute atomic E-state index is 0. The molecular weight excluding hydrogens is 264 g/mol. The van der Waals surface area contributed by atoms with Crippen molar-refractivity contribution in [1.29, 1.82) is 0 Å². The Balaban J connectivity index is 0.00000400. The Morgan fingerprint density at radius 2 is 1.90 bits per heavy atom. The normalized spacial score (nSPS) is 11.0. The van der Waals surface area contributed by atoms with Crippen LogP contribution in [0.25, 0.3) is 0 Å². The molecule has 0 unspecified atom stereocenters. The number of para-hydroxylation sites is 2. The van der Waals surface area contributed by atoms with Crippen molar-refractivity contribution in [3.63, 3.8) is 0 Å². The van der Waals surface area contributed by atoms with E-state index >= 15 is 0 Å². The van der Waals surface area contributed by atoms with Crippen LogP contribution in [0.4, 0.5) is 5.69 Å². The van der Waals surface area contributed by atoms with Gasteiger partial charge in [-0.3, -0.25) is 9.69 Å². The summed E-state index contributed by atoms with van der Waals surface area (Å²) >= 11 is 0. The van der Waals surface area contributed by atoms with Gasteiger partial charge in [0.25, 0.3) is 0 Å². The Bertz CT molecular complexity index is 439. The fourth-order valence-corrected chi connectivity index (χ4v) is 2.09. The average molecular weight is 294 g/mol. The van der Waals surface area contributed by atoms with Crippen molar-refractivity contribution < 1.29 is 9.53 Å². The van der Waals surface area contributed by atoms with Gasteiger partial charge in [0.2, 0.25) is 5.91 Å². The van der Waals surface area contributed by atoms with Gasteiger partial charge in [0.1, 0.15) is 5.75 Å². The maximum Gasteiger partial charge on any atom is 0.238 e. The number of nitrogens with zero attached hydrogens (tertiary/aromatic N) is 1. The zero-order valence-corrected chi connectivity index (χ0v) is 13.2. The van der Waals surface area contributed by atoms with Crippen molar-refractivity contribution in [2.45, 2.75) is 35.1 Å². The predicted molar refractivity (Wildman–Crippen MR) is 89.9 cm³/mol. The summed E-state index contributed by atoms with van der Waals surface area (Å²) in [5, 5.41) is 2.91. The van der Waals surface area contributed by atoms with Crippen LogP contribution in [0.3, 0.4) is 0 Å². The van der Waals surface area contributed by atoms with Crippen molar-refractivity contribution in [1.82, 2.24) is 4.90 Å². The Labute approximate surface area is 129 Å². The first-order chi connectivity index (χ1) is 9.35. The summed E-state index contributed by atoms with van der Waals surface area (Å²) in [5.74, 6) is 0.667. The minimum atomic E-state index is -0.0133. The number of ether oxygens (including phenoxy) is 1. The smallest absolute Gasteiger partial charge is 0.238 e. The Hall–Kier alpha value is -1.55. The number of amides is 1. The quantitative estimate of drug-likeness (QED) is 0.871. The molecule has 0 aliphatic carbocycles. The van der Waals surface area contributed by atoms with Crippen LogP contribution >= 0.6 is 0 Å². The van der Waals surface area contributed by atoms with Crippen LogP contribution in [0, 0.1) is 5.41 Å². The van der Waals surface area contributed by atoms with E-state index in [1.807, 2.05) is 24.3 Å². The molecule has 0 aliphatic heterocycles. The van der Waals surface area contributed by atoms with E-state index in [1.165, 1.54) is 0 Å². The number of likely N-dealkylation sites (N-methyl/N-ethyl adjacent to an activating group) is 1. The summed E-state index contributed by atoms with van der Waals surface area (Å²) in [6.07, 6.45) is 0. The molecule has 21 heavy (non-hydrogen) atoms. The molecule has 1 amide bonds. The van der Waals surface area contributed by atoms with Gasteiger partial charge in [-0.15, -0.1) is 0 Å². The maximum atomic E-state index is 12.1. The molecule has 0 bridgehead atoms. The molecule has 0 aliphatic rings. The van der Waals surface area contributed by atoms with Crippen LogP contribution in [-0.4, -0.2) is 37.6 Å². The average Bonchev–Trinajstić information content (AvgIpc) is 2.36. The predicted octanol–water partition coefficient (Wildman–Crippen LogP) is 3.64.